The maximum absolute atomic E-state index is 12.0. The maximum atomic E-state index is 12.0. The van der Waals surface area contributed by atoms with Gasteiger partial charge in [0, 0.05) is 18.5 Å². The first-order valence-electron chi connectivity index (χ1n) is 7.09. The van der Waals surface area contributed by atoms with Gasteiger partial charge in [-0.15, -0.1) is 11.3 Å². The van der Waals surface area contributed by atoms with Gasteiger partial charge >= 0.3 is 5.97 Å². The van der Waals surface area contributed by atoms with Crippen molar-refractivity contribution in [3.63, 3.8) is 0 Å². The van der Waals surface area contributed by atoms with Gasteiger partial charge in [0.05, 0.1) is 20.8 Å². The van der Waals surface area contributed by atoms with E-state index in [0.717, 1.165) is 15.2 Å². The summed E-state index contributed by atoms with van der Waals surface area (Å²) in [4.78, 5) is 27.4. The number of carboxylic acid groups (broad SMARTS) is 1. The maximum Gasteiger partial charge on any atom is 0.335 e. The number of rotatable bonds is 5. The molecule has 116 valence electrons. The number of nitrogens with one attached hydrogen (secondary N) is 1. The molecule has 0 radical (unpaired) electrons. The van der Waals surface area contributed by atoms with Gasteiger partial charge in [-0.1, -0.05) is 18.2 Å². The molecule has 0 bridgehead atoms. The Morgan fingerprint density at radius 2 is 1.96 bits per heavy atom. The quantitative estimate of drug-likeness (QED) is 0.751. The zero-order chi connectivity index (χ0) is 16.2. The van der Waals surface area contributed by atoms with E-state index in [1.807, 2.05) is 24.3 Å². The van der Waals surface area contributed by atoms with E-state index in [0.29, 0.717) is 18.5 Å². The molecule has 0 unspecified atom stereocenters. The minimum absolute atomic E-state index is 0.147. The number of para-hydroxylation sites is 1. The summed E-state index contributed by atoms with van der Waals surface area (Å²) in [5.41, 5.74) is 1.58. The van der Waals surface area contributed by atoms with Gasteiger partial charge in [0.15, 0.2) is 0 Å². The third-order valence-electron chi connectivity index (χ3n) is 3.30. The van der Waals surface area contributed by atoms with Crippen LogP contribution >= 0.6 is 11.3 Å². The van der Waals surface area contributed by atoms with Crippen molar-refractivity contribution in [2.45, 2.75) is 12.8 Å². The van der Waals surface area contributed by atoms with Gasteiger partial charge in [0.2, 0.25) is 5.91 Å². The predicted molar refractivity (Wildman–Crippen MR) is 90.0 cm³/mol. The molecular weight excluding hydrogens is 312 g/mol. The van der Waals surface area contributed by atoms with Gasteiger partial charge in [0.25, 0.3) is 0 Å². The number of aryl methyl sites for hydroxylation is 1. The molecule has 1 aromatic heterocycles. The Balaban J connectivity index is 1.61. The van der Waals surface area contributed by atoms with Crippen molar-refractivity contribution in [3.05, 3.63) is 59.1 Å². The van der Waals surface area contributed by atoms with Crippen LogP contribution in [0.2, 0.25) is 0 Å². The van der Waals surface area contributed by atoms with Crippen molar-refractivity contribution in [1.29, 1.82) is 0 Å². The van der Waals surface area contributed by atoms with Gasteiger partial charge in [-0.25, -0.2) is 9.78 Å². The molecule has 5 nitrogen and oxygen atoms in total. The van der Waals surface area contributed by atoms with Gasteiger partial charge in [-0.2, -0.15) is 0 Å². The molecule has 3 aromatic rings. The highest BCUT2D eigenvalue weighted by Gasteiger charge is 2.09. The number of aromatic carboxylic acids is 1. The fourth-order valence-corrected chi connectivity index (χ4v) is 3.17. The summed E-state index contributed by atoms with van der Waals surface area (Å²) in [6.45, 7) is 0. The second-order valence-electron chi connectivity index (χ2n) is 5.01. The van der Waals surface area contributed by atoms with Crippen molar-refractivity contribution in [2.24, 2.45) is 0 Å². The molecular formula is C17H14N2O3S. The molecule has 3 rings (SSSR count). The SMILES string of the molecule is O=C(CCc1nc2ccccc2s1)Nc1cccc(C(=O)O)c1. The summed E-state index contributed by atoms with van der Waals surface area (Å²) in [6.07, 6.45) is 0.862. The molecule has 6 heteroatoms. The molecule has 2 aromatic carbocycles. The molecule has 0 aliphatic heterocycles. The molecule has 0 atom stereocenters. The normalized spacial score (nSPS) is 10.6. The summed E-state index contributed by atoms with van der Waals surface area (Å²) in [6, 6.07) is 14.1. The van der Waals surface area contributed by atoms with E-state index >= 15 is 0 Å². The lowest BCUT2D eigenvalue weighted by atomic mass is 10.2. The minimum Gasteiger partial charge on any atom is -0.478 e. The largest absolute Gasteiger partial charge is 0.478 e. The standard InChI is InChI=1S/C17H14N2O3S/c20-15(18-12-5-3-4-11(10-12)17(21)22)8-9-16-19-13-6-1-2-7-14(13)23-16/h1-7,10H,8-9H2,(H,18,20)(H,21,22). The third-order valence-corrected chi connectivity index (χ3v) is 4.39. The number of aromatic nitrogens is 1. The van der Waals surface area contributed by atoms with E-state index < -0.39 is 5.97 Å². The molecule has 0 spiro atoms. The summed E-state index contributed by atoms with van der Waals surface area (Å²) >= 11 is 1.58. The number of hydrogen-bond donors (Lipinski definition) is 2. The third kappa shape index (κ3) is 3.73. The highest BCUT2D eigenvalue weighted by molar-refractivity contribution is 7.18. The number of carbonyl (C=O) groups excluding carboxylic acids is 1. The fraction of sp³-hybridized carbons (Fsp3) is 0.118. The van der Waals surface area contributed by atoms with Crippen LogP contribution in [0.5, 0.6) is 0 Å². The van der Waals surface area contributed by atoms with E-state index in [1.54, 1.807) is 23.5 Å². The number of hydrogen-bond acceptors (Lipinski definition) is 4. The van der Waals surface area contributed by atoms with Crippen LogP contribution in [0.3, 0.4) is 0 Å². The first kappa shape index (κ1) is 15.2. The number of carboxylic acids is 1. The molecule has 0 fully saturated rings. The summed E-state index contributed by atoms with van der Waals surface area (Å²) < 4.78 is 1.11. The number of nitrogens with zero attached hydrogens (tertiary/aromatic N) is 1. The van der Waals surface area contributed by atoms with Crippen molar-refractivity contribution in [2.75, 3.05) is 5.32 Å². The zero-order valence-electron chi connectivity index (χ0n) is 12.2. The van der Waals surface area contributed by atoms with Crippen molar-refractivity contribution >= 4 is 39.1 Å². The highest BCUT2D eigenvalue weighted by Crippen LogP contribution is 2.22. The molecule has 0 aliphatic rings. The monoisotopic (exact) mass is 326 g/mol. The van der Waals surface area contributed by atoms with E-state index in [1.165, 1.54) is 12.1 Å². The van der Waals surface area contributed by atoms with E-state index in [9.17, 15) is 9.59 Å². The van der Waals surface area contributed by atoms with Gasteiger partial charge < -0.3 is 10.4 Å². The molecule has 0 saturated carbocycles. The zero-order valence-corrected chi connectivity index (χ0v) is 13.0. The van der Waals surface area contributed by atoms with Crippen LogP contribution in [0, 0.1) is 0 Å². The van der Waals surface area contributed by atoms with Gasteiger partial charge in [0.1, 0.15) is 0 Å². The van der Waals surface area contributed by atoms with Crippen molar-refractivity contribution in [1.82, 2.24) is 4.98 Å². The molecule has 0 aliphatic carbocycles. The first-order chi connectivity index (χ1) is 11.1. The smallest absolute Gasteiger partial charge is 0.335 e. The summed E-state index contributed by atoms with van der Waals surface area (Å²) in [7, 11) is 0. The lowest BCUT2D eigenvalue weighted by Crippen LogP contribution is -2.12. The second-order valence-corrected chi connectivity index (χ2v) is 6.12. The van der Waals surface area contributed by atoms with Crippen molar-refractivity contribution in [3.8, 4) is 0 Å². The number of carbonyl (C=O) groups is 2. The number of fused-ring (bicyclic) bond motifs is 1. The highest BCUT2D eigenvalue weighted by atomic mass is 32.1. The number of anilines is 1. The van der Waals surface area contributed by atoms with Gasteiger partial charge in [-0.05, 0) is 30.3 Å². The Morgan fingerprint density at radius 3 is 2.74 bits per heavy atom. The van der Waals surface area contributed by atoms with Crippen LogP contribution in [0.15, 0.2) is 48.5 Å². The Morgan fingerprint density at radius 1 is 1.13 bits per heavy atom. The van der Waals surface area contributed by atoms with Crippen LogP contribution in [0.1, 0.15) is 21.8 Å². The average Bonchev–Trinajstić information content (AvgIpc) is 2.96. The Kier molecular flexibility index (Phi) is 4.34. The molecule has 1 heterocycles. The first-order valence-corrected chi connectivity index (χ1v) is 7.91. The lowest BCUT2D eigenvalue weighted by molar-refractivity contribution is -0.116. The number of thiazole rings is 1. The molecule has 2 N–H and O–H groups in total. The van der Waals surface area contributed by atoms with Crippen LogP contribution < -0.4 is 5.32 Å². The lowest BCUT2D eigenvalue weighted by Gasteiger charge is -2.05. The topological polar surface area (TPSA) is 79.3 Å². The van der Waals surface area contributed by atoms with Crippen LogP contribution in [0.25, 0.3) is 10.2 Å². The van der Waals surface area contributed by atoms with Crippen molar-refractivity contribution < 1.29 is 14.7 Å². The molecule has 23 heavy (non-hydrogen) atoms. The average molecular weight is 326 g/mol. The predicted octanol–water partition coefficient (Wildman–Crippen LogP) is 3.57. The van der Waals surface area contributed by atoms with E-state index in [-0.39, 0.29) is 11.5 Å². The summed E-state index contributed by atoms with van der Waals surface area (Å²) in [5, 5.41) is 12.6. The number of benzene rings is 2. The van der Waals surface area contributed by atoms with Crippen LogP contribution in [-0.4, -0.2) is 22.0 Å². The fourth-order valence-electron chi connectivity index (χ4n) is 2.20. The second kappa shape index (κ2) is 6.58. The Labute approximate surface area is 136 Å². The van der Waals surface area contributed by atoms with Gasteiger partial charge in [-0.3, -0.25) is 4.79 Å². The molecule has 1 amide bonds. The van der Waals surface area contributed by atoms with Crippen LogP contribution in [0.4, 0.5) is 5.69 Å². The number of amides is 1. The Bertz CT molecular complexity index is 840. The minimum atomic E-state index is -1.02. The summed E-state index contributed by atoms with van der Waals surface area (Å²) in [5.74, 6) is -1.18. The van der Waals surface area contributed by atoms with Crippen LogP contribution in [-0.2, 0) is 11.2 Å². The molecule has 0 saturated heterocycles. The Hall–Kier alpha value is -2.73. The van der Waals surface area contributed by atoms with E-state index in [4.69, 9.17) is 5.11 Å². The van der Waals surface area contributed by atoms with E-state index in [2.05, 4.69) is 10.3 Å².